The van der Waals surface area contributed by atoms with Crippen molar-refractivity contribution in [2.24, 2.45) is 5.73 Å². The summed E-state index contributed by atoms with van der Waals surface area (Å²) in [4.78, 5) is 23.4. The largest absolute Gasteiger partial charge is 0.465 e. The van der Waals surface area contributed by atoms with Gasteiger partial charge >= 0.3 is 11.9 Å². The Morgan fingerprint density at radius 2 is 1.67 bits per heavy atom. The van der Waals surface area contributed by atoms with Gasteiger partial charge in [0.1, 0.15) is 0 Å². The number of piperidine rings is 1. The minimum atomic E-state index is -3.89. The van der Waals surface area contributed by atoms with Crippen LogP contribution in [-0.2, 0) is 19.5 Å². The second-order valence-corrected chi connectivity index (χ2v) is 7.43. The molecule has 2 N–H and O–H groups in total. The minimum Gasteiger partial charge on any atom is -0.465 e. The molecule has 2 rings (SSSR count). The molecule has 1 aliphatic heterocycles. The van der Waals surface area contributed by atoms with Gasteiger partial charge in [-0.05, 0) is 31.0 Å². The molecule has 0 amide bonds. The van der Waals surface area contributed by atoms with E-state index in [9.17, 15) is 18.0 Å². The molecule has 132 valence electrons. The zero-order valence-electron chi connectivity index (χ0n) is 13.5. The van der Waals surface area contributed by atoms with Crippen LogP contribution in [0.3, 0.4) is 0 Å². The van der Waals surface area contributed by atoms with E-state index in [-0.39, 0.29) is 28.6 Å². The van der Waals surface area contributed by atoms with Crippen molar-refractivity contribution >= 4 is 22.0 Å². The molecular weight excluding hydrogens is 336 g/mol. The Balaban J connectivity index is 2.51. The number of methoxy groups -OCH3 is 2. The van der Waals surface area contributed by atoms with Gasteiger partial charge in [0.25, 0.3) is 0 Å². The fourth-order valence-electron chi connectivity index (χ4n) is 2.56. The van der Waals surface area contributed by atoms with Crippen molar-refractivity contribution in [1.82, 2.24) is 4.31 Å². The average Bonchev–Trinajstić information content (AvgIpc) is 2.59. The van der Waals surface area contributed by atoms with Crippen molar-refractivity contribution in [2.75, 3.05) is 27.3 Å². The fraction of sp³-hybridized carbons (Fsp3) is 0.467. The van der Waals surface area contributed by atoms with E-state index in [1.807, 2.05) is 0 Å². The molecule has 1 aromatic rings. The lowest BCUT2D eigenvalue weighted by Gasteiger charge is -2.30. The molecule has 1 aromatic carbocycles. The molecule has 0 bridgehead atoms. The van der Waals surface area contributed by atoms with E-state index < -0.39 is 22.0 Å². The number of nitrogens with two attached hydrogens (primary N) is 1. The summed E-state index contributed by atoms with van der Waals surface area (Å²) in [6.45, 7) is 0.532. The van der Waals surface area contributed by atoms with Crippen LogP contribution in [0, 0.1) is 0 Å². The first-order valence-corrected chi connectivity index (χ1v) is 8.81. The van der Waals surface area contributed by atoms with E-state index in [2.05, 4.69) is 9.47 Å². The van der Waals surface area contributed by atoms with Crippen molar-refractivity contribution in [3.05, 3.63) is 29.3 Å². The molecule has 1 aliphatic rings. The summed E-state index contributed by atoms with van der Waals surface area (Å²) in [5.74, 6) is -1.49. The van der Waals surface area contributed by atoms with Crippen LogP contribution in [0.5, 0.6) is 0 Å². The second kappa shape index (κ2) is 7.29. The number of sulfonamides is 1. The van der Waals surface area contributed by atoms with E-state index >= 15 is 0 Å². The van der Waals surface area contributed by atoms with Gasteiger partial charge < -0.3 is 15.2 Å². The Morgan fingerprint density at radius 1 is 1.12 bits per heavy atom. The average molecular weight is 356 g/mol. The van der Waals surface area contributed by atoms with Crippen LogP contribution < -0.4 is 5.73 Å². The van der Waals surface area contributed by atoms with E-state index in [1.54, 1.807) is 0 Å². The highest BCUT2D eigenvalue weighted by molar-refractivity contribution is 7.89. The molecule has 1 unspecified atom stereocenters. The van der Waals surface area contributed by atoms with E-state index in [0.717, 1.165) is 6.42 Å². The topological polar surface area (TPSA) is 116 Å². The van der Waals surface area contributed by atoms with Crippen LogP contribution in [0.4, 0.5) is 0 Å². The quantitative estimate of drug-likeness (QED) is 0.775. The zero-order valence-corrected chi connectivity index (χ0v) is 14.3. The third-order valence-electron chi connectivity index (χ3n) is 3.81. The highest BCUT2D eigenvalue weighted by atomic mass is 32.2. The van der Waals surface area contributed by atoms with E-state index in [4.69, 9.17) is 5.73 Å². The Kier molecular flexibility index (Phi) is 5.58. The Morgan fingerprint density at radius 3 is 2.12 bits per heavy atom. The third-order valence-corrected chi connectivity index (χ3v) is 5.65. The van der Waals surface area contributed by atoms with Crippen molar-refractivity contribution in [1.29, 1.82) is 0 Å². The second-order valence-electron chi connectivity index (χ2n) is 5.49. The number of esters is 2. The molecule has 0 aliphatic carbocycles. The smallest absolute Gasteiger partial charge is 0.337 e. The molecule has 8 nitrogen and oxygen atoms in total. The van der Waals surface area contributed by atoms with Crippen molar-refractivity contribution in [3.8, 4) is 0 Å². The summed E-state index contributed by atoms with van der Waals surface area (Å²) in [7, 11) is -1.54. The summed E-state index contributed by atoms with van der Waals surface area (Å²) in [5.41, 5.74) is 5.76. The van der Waals surface area contributed by atoms with Gasteiger partial charge in [0.2, 0.25) is 10.0 Å². The first-order chi connectivity index (χ1) is 11.3. The van der Waals surface area contributed by atoms with Crippen LogP contribution in [0.2, 0.25) is 0 Å². The standard InChI is InChI=1S/C15H20N2O6S/c1-22-14(18)10-6-11(15(19)23-2)8-13(7-10)24(20,21)17-5-3-4-12(16)9-17/h6-8,12H,3-5,9,16H2,1-2H3. The SMILES string of the molecule is COC(=O)c1cc(C(=O)OC)cc(S(=O)(=O)N2CCCC(N)C2)c1. The number of nitrogens with zero attached hydrogens (tertiary/aromatic N) is 1. The number of carbonyl (C=O) groups excluding carboxylic acids is 2. The first kappa shape index (κ1) is 18.4. The Hall–Kier alpha value is -1.97. The summed E-state index contributed by atoms with van der Waals surface area (Å²) in [6.07, 6.45) is 1.41. The predicted molar refractivity (Wildman–Crippen MR) is 85.1 cm³/mol. The number of hydrogen-bond donors (Lipinski definition) is 1. The predicted octanol–water partition coefficient (Wildman–Crippen LogP) is 0.372. The van der Waals surface area contributed by atoms with Crippen LogP contribution in [0.15, 0.2) is 23.1 Å². The number of ether oxygens (including phenoxy) is 2. The number of hydrogen-bond acceptors (Lipinski definition) is 7. The van der Waals surface area contributed by atoms with Gasteiger partial charge in [-0.3, -0.25) is 0 Å². The van der Waals surface area contributed by atoms with Gasteiger partial charge in [-0.25, -0.2) is 18.0 Å². The van der Waals surface area contributed by atoms with Gasteiger partial charge in [-0.15, -0.1) is 0 Å². The molecule has 1 fully saturated rings. The summed E-state index contributed by atoms with van der Waals surface area (Å²) >= 11 is 0. The molecule has 9 heteroatoms. The maximum Gasteiger partial charge on any atom is 0.337 e. The monoisotopic (exact) mass is 356 g/mol. The Bertz CT molecular complexity index is 712. The summed E-state index contributed by atoms with van der Waals surface area (Å²) in [5, 5.41) is 0. The van der Waals surface area contributed by atoms with Crippen LogP contribution >= 0.6 is 0 Å². The Labute approximate surface area is 140 Å². The van der Waals surface area contributed by atoms with Crippen molar-refractivity contribution in [3.63, 3.8) is 0 Å². The molecule has 1 atom stereocenters. The normalized spacial score (nSPS) is 18.9. The summed E-state index contributed by atoms with van der Waals surface area (Å²) in [6, 6.07) is 3.37. The maximum absolute atomic E-state index is 12.8. The maximum atomic E-state index is 12.8. The van der Waals surface area contributed by atoms with Crippen molar-refractivity contribution < 1.29 is 27.5 Å². The molecule has 0 saturated carbocycles. The summed E-state index contributed by atoms with van der Waals surface area (Å²) < 4.78 is 36.1. The lowest BCUT2D eigenvalue weighted by atomic mass is 10.1. The molecule has 24 heavy (non-hydrogen) atoms. The van der Waals surface area contributed by atoms with E-state index in [1.165, 1.54) is 36.7 Å². The first-order valence-electron chi connectivity index (χ1n) is 7.37. The molecule has 1 heterocycles. The van der Waals surface area contributed by atoms with Crippen LogP contribution in [-0.4, -0.2) is 58.0 Å². The highest BCUT2D eigenvalue weighted by Crippen LogP contribution is 2.23. The molecule has 0 aromatic heterocycles. The zero-order chi connectivity index (χ0) is 17.9. The van der Waals surface area contributed by atoms with Gasteiger partial charge in [0.05, 0.1) is 30.2 Å². The van der Waals surface area contributed by atoms with Gasteiger partial charge in [-0.2, -0.15) is 4.31 Å². The van der Waals surface area contributed by atoms with E-state index in [0.29, 0.717) is 13.0 Å². The molecule has 0 spiro atoms. The van der Waals surface area contributed by atoms with Crippen LogP contribution in [0.25, 0.3) is 0 Å². The molecular formula is C15H20N2O6S. The lowest BCUT2D eigenvalue weighted by Crippen LogP contribution is -2.45. The van der Waals surface area contributed by atoms with Gasteiger partial charge in [0.15, 0.2) is 0 Å². The number of rotatable bonds is 4. The van der Waals surface area contributed by atoms with Gasteiger partial charge in [0, 0.05) is 19.1 Å². The number of carbonyl (C=O) groups is 2. The fourth-order valence-corrected chi connectivity index (χ4v) is 4.17. The lowest BCUT2D eigenvalue weighted by molar-refractivity contribution is 0.0598. The minimum absolute atomic E-state index is 0.0414. The third kappa shape index (κ3) is 3.74. The number of benzene rings is 1. The highest BCUT2D eigenvalue weighted by Gasteiger charge is 2.30. The molecule has 0 radical (unpaired) electrons. The van der Waals surface area contributed by atoms with Crippen molar-refractivity contribution in [2.45, 2.75) is 23.8 Å². The van der Waals surface area contributed by atoms with Crippen LogP contribution in [0.1, 0.15) is 33.6 Å². The van der Waals surface area contributed by atoms with Gasteiger partial charge in [-0.1, -0.05) is 0 Å². The molecule has 1 saturated heterocycles.